The zero-order chi connectivity index (χ0) is 23.7. The fourth-order valence-electron chi connectivity index (χ4n) is 3.76. The van der Waals surface area contributed by atoms with Crippen LogP contribution in [0, 0.1) is 34.4 Å². The fraction of sp³-hybridized carbons (Fsp3) is 0.333. The van der Waals surface area contributed by atoms with Crippen LogP contribution in [0.1, 0.15) is 36.6 Å². The van der Waals surface area contributed by atoms with Crippen molar-refractivity contribution >= 4 is 17.6 Å². The number of rotatable bonds is 6. The molecule has 1 unspecified atom stereocenters. The van der Waals surface area contributed by atoms with Gasteiger partial charge in [-0.1, -0.05) is 67.9 Å². The number of benzene rings is 2. The number of ether oxygens (including phenoxy) is 1. The summed E-state index contributed by atoms with van der Waals surface area (Å²) in [6.07, 6.45) is -4.93. The molecule has 0 aromatic heterocycles. The summed E-state index contributed by atoms with van der Waals surface area (Å²) in [5.74, 6) is -2.91. The Morgan fingerprint density at radius 3 is 2.50 bits per heavy atom. The molecule has 0 bridgehead atoms. The van der Waals surface area contributed by atoms with Gasteiger partial charge in [0.2, 0.25) is 6.10 Å². The van der Waals surface area contributed by atoms with E-state index < -0.39 is 46.3 Å². The van der Waals surface area contributed by atoms with Crippen molar-refractivity contribution in [2.75, 3.05) is 0 Å². The fourth-order valence-corrected chi connectivity index (χ4v) is 3.89. The Morgan fingerprint density at radius 2 is 1.91 bits per heavy atom. The lowest BCUT2D eigenvalue weighted by atomic mass is 10.00. The van der Waals surface area contributed by atoms with E-state index in [0.717, 1.165) is 11.6 Å². The molecule has 0 aliphatic heterocycles. The van der Waals surface area contributed by atoms with Crippen molar-refractivity contribution < 1.29 is 27.1 Å². The molecule has 1 aliphatic rings. The van der Waals surface area contributed by atoms with Crippen LogP contribution in [0.4, 0.5) is 17.6 Å². The number of allylic oxidation sites excluding steroid dienone is 2. The van der Waals surface area contributed by atoms with Crippen LogP contribution in [0.5, 0.6) is 0 Å². The third-order valence-electron chi connectivity index (χ3n) is 5.72. The van der Waals surface area contributed by atoms with Crippen LogP contribution < -0.4 is 0 Å². The average molecular weight is 466 g/mol. The zero-order valence-electron chi connectivity index (χ0n) is 17.3. The summed E-state index contributed by atoms with van der Waals surface area (Å²) in [6.45, 7) is 3.25. The van der Waals surface area contributed by atoms with Gasteiger partial charge in [-0.3, -0.25) is 4.79 Å². The third-order valence-corrected chi connectivity index (χ3v) is 6.06. The average Bonchev–Trinajstić information content (AvgIpc) is 3.27. The van der Waals surface area contributed by atoms with Gasteiger partial charge in [-0.15, -0.1) is 0 Å². The van der Waals surface area contributed by atoms with Crippen molar-refractivity contribution in [3.05, 3.63) is 82.1 Å². The first-order chi connectivity index (χ1) is 14.9. The second kappa shape index (κ2) is 8.95. The van der Waals surface area contributed by atoms with Crippen molar-refractivity contribution in [1.82, 2.24) is 0 Å². The molecule has 1 fully saturated rings. The molecule has 3 rings (SSSR count). The summed E-state index contributed by atoms with van der Waals surface area (Å²) >= 11 is 5.31. The minimum absolute atomic E-state index is 0.283. The van der Waals surface area contributed by atoms with Gasteiger partial charge < -0.3 is 4.74 Å². The van der Waals surface area contributed by atoms with Crippen LogP contribution in [0.2, 0.25) is 0 Å². The molecule has 1 aliphatic carbocycles. The maximum absolute atomic E-state index is 14.3. The number of hydrogen-bond acceptors (Lipinski definition) is 3. The Labute approximate surface area is 188 Å². The highest BCUT2D eigenvalue weighted by Gasteiger charge is 2.62. The molecular formula is C24H20ClF4NO2. The molecule has 0 radical (unpaired) electrons. The predicted molar refractivity (Wildman–Crippen MR) is 111 cm³/mol. The van der Waals surface area contributed by atoms with Gasteiger partial charge in [-0.05, 0) is 34.6 Å². The third kappa shape index (κ3) is 5.13. The van der Waals surface area contributed by atoms with Gasteiger partial charge >= 0.3 is 12.1 Å². The van der Waals surface area contributed by atoms with E-state index >= 15 is 0 Å². The van der Waals surface area contributed by atoms with Gasteiger partial charge in [-0.25, -0.2) is 4.39 Å². The van der Waals surface area contributed by atoms with E-state index in [4.69, 9.17) is 16.3 Å². The standard InChI is InChI=1S/C24H20ClF4NO2/c1-23(2)17(12-20(25)24(27,28)29)21(23)22(31)32-19(13-30)15-8-9-18(26)16(11-15)10-14-6-4-3-5-7-14/h3-9,11-12,17,19,21H,10H2,1-2H3/b20-12-/t17-,19?,21-/m0/s1. The number of nitriles is 1. The van der Waals surface area contributed by atoms with Gasteiger partial charge in [0.25, 0.3) is 0 Å². The van der Waals surface area contributed by atoms with Crippen LogP contribution in [-0.4, -0.2) is 12.1 Å². The lowest BCUT2D eigenvalue weighted by molar-refractivity contribution is -0.149. The quantitative estimate of drug-likeness (QED) is 0.362. The predicted octanol–water partition coefficient (Wildman–Crippen LogP) is 6.48. The van der Waals surface area contributed by atoms with Crippen molar-refractivity contribution in [1.29, 1.82) is 5.26 Å². The molecule has 3 atom stereocenters. The second-order valence-electron chi connectivity index (χ2n) is 8.30. The van der Waals surface area contributed by atoms with Crippen molar-refractivity contribution in [3.8, 4) is 6.07 Å². The monoisotopic (exact) mass is 465 g/mol. The largest absolute Gasteiger partial charge is 0.442 e. The van der Waals surface area contributed by atoms with E-state index in [1.54, 1.807) is 13.8 Å². The number of alkyl halides is 3. The Balaban J connectivity index is 1.76. The Morgan fingerprint density at radius 1 is 1.25 bits per heavy atom. The van der Waals surface area contributed by atoms with Crippen LogP contribution >= 0.6 is 11.6 Å². The molecule has 2 aromatic rings. The van der Waals surface area contributed by atoms with Gasteiger partial charge in [0, 0.05) is 12.0 Å². The smallest absolute Gasteiger partial charge is 0.426 e. The lowest BCUT2D eigenvalue weighted by Crippen LogP contribution is -2.15. The molecule has 8 heteroatoms. The topological polar surface area (TPSA) is 50.1 Å². The maximum Gasteiger partial charge on any atom is 0.426 e. The normalized spacial score (nSPS) is 20.9. The van der Waals surface area contributed by atoms with Gasteiger partial charge in [-0.2, -0.15) is 18.4 Å². The molecule has 168 valence electrons. The molecule has 1 saturated carbocycles. The van der Waals surface area contributed by atoms with Crippen molar-refractivity contribution in [2.45, 2.75) is 32.5 Å². The first-order valence-electron chi connectivity index (χ1n) is 9.82. The molecular weight excluding hydrogens is 446 g/mol. The second-order valence-corrected chi connectivity index (χ2v) is 8.70. The number of nitrogens with zero attached hydrogens (tertiary/aromatic N) is 1. The number of carbonyl (C=O) groups is 1. The van der Waals surface area contributed by atoms with E-state index in [1.807, 2.05) is 36.4 Å². The summed E-state index contributed by atoms with van der Waals surface area (Å²) in [6, 6.07) is 15.0. The lowest BCUT2D eigenvalue weighted by Gasteiger charge is -2.14. The minimum atomic E-state index is -4.70. The SMILES string of the molecule is CC1(C)[C@H](C(=O)OC(C#N)c2ccc(F)c(Cc3ccccc3)c2)[C@@H]1/C=C(\Cl)C(F)(F)F. The Bertz CT molecular complexity index is 1070. The first kappa shape index (κ1) is 23.8. The molecule has 0 spiro atoms. The summed E-state index contributed by atoms with van der Waals surface area (Å²) in [5.41, 5.74) is 0.676. The maximum atomic E-state index is 14.3. The van der Waals surface area contributed by atoms with E-state index in [-0.39, 0.29) is 12.0 Å². The van der Waals surface area contributed by atoms with Crippen LogP contribution in [-0.2, 0) is 16.0 Å². The van der Waals surface area contributed by atoms with Gasteiger partial charge in [0.15, 0.2) is 0 Å². The Kier molecular flexibility index (Phi) is 6.66. The molecule has 0 N–H and O–H groups in total. The van der Waals surface area contributed by atoms with Crippen molar-refractivity contribution in [3.63, 3.8) is 0 Å². The van der Waals surface area contributed by atoms with E-state index in [2.05, 4.69) is 0 Å². The van der Waals surface area contributed by atoms with Crippen LogP contribution in [0.15, 0.2) is 59.6 Å². The van der Waals surface area contributed by atoms with E-state index in [9.17, 15) is 27.6 Å². The summed E-state index contributed by atoms with van der Waals surface area (Å²) in [7, 11) is 0. The minimum Gasteiger partial charge on any atom is -0.442 e. The van der Waals surface area contributed by atoms with Crippen LogP contribution in [0.25, 0.3) is 0 Å². The molecule has 32 heavy (non-hydrogen) atoms. The van der Waals surface area contributed by atoms with Crippen LogP contribution in [0.3, 0.4) is 0 Å². The molecule has 2 aromatic carbocycles. The van der Waals surface area contributed by atoms with E-state index in [1.165, 1.54) is 18.2 Å². The molecule has 0 heterocycles. The van der Waals surface area contributed by atoms with E-state index in [0.29, 0.717) is 5.56 Å². The molecule has 0 saturated heterocycles. The summed E-state index contributed by atoms with van der Waals surface area (Å²) < 4.78 is 57.8. The number of esters is 1. The molecule has 0 amide bonds. The number of hydrogen-bond donors (Lipinski definition) is 0. The number of carbonyl (C=O) groups excluding carboxylic acids is 1. The summed E-state index contributed by atoms with van der Waals surface area (Å²) in [4.78, 5) is 12.6. The van der Waals surface area contributed by atoms with Crippen molar-refractivity contribution in [2.24, 2.45) is 17.3 Å². The number of halogens is 5. The van der Waals surface area contributed by atoms with Gasteiger partial charge in [0.05, 0.1) is 5.92 Å². The molecule has 3 nitrogen and oxygen atoms in total. The highest BCUT2D eigenvalue weighted by molar-refractivity contribution is 6.30. The highest BCUT2D eigenvalue weighted by Crippen LogP contribution is 2.60. The zero-order valence-corrected chi connectivity index (χ0v) is 18.0. The first-order valence-corrected chi connectivity index (χ1v) is 10.2. The Hall–Kier alpha value is -2.85. The summed E-state index contributed by atoms with van der Waals surface area (Å²) in [5, 5.41) is 8.23. The highest BCUT2D eigenvalue weighted by atomic mass is 35.5. The van der Waals surface area contributed by atoms with Gasteiger partial charge in [0.1, 0.15) is 16.9 Å².